The summed E-state index contributed by atoms with van der Waals surface area (Å²) in [5.41, 5.74) is -0.628. The molecule has 0 saturated carbocycles. The molecule has 11 heteroatoms. The molecule has 0 heterocycles. The molecule has 0 aromatic heterocycles. The minimum atomic E-state index is -1.35. The van der Waals surface area contributed by atoms with Crippen LogP contribution < -0.4 is 10.6 Å². The number of esters is 1. The Hall–Kier alpha value is -3.73. The van der Waals surface area contributed by atoms with Crippen LogP contribution in [-0.2, 0) is 30.3 Å². The van der Waals surface area contributed by atoms with Crippen LogP contribution in [0.2, 0.25) is 0 Å². The first-order valence-corrected chi connectivity index (χ1v) is 18.4. The number of carbonyl (C=O) groups excluding carboxylic acids is 4. The Labute approximate surface area is 297 Å². The Bertz CT molecular complexity index is 1370. The highest BCUT2D eigenvalue weighted by molar-refractivity contribution is 7.98. The van der Waals surface area contributed by atoms with E-state index in [2.05, 4.69) is 24.5 Å². The fourth-order valence-corrected chi connectivity index (χ4v) is 5.71. The van der Waals surface area contributed by atoms with E-state index in [1.54, 1.807) is 59.7 Å². The second-order valence-corrected chi connectivity index (χ2v) is 15.8. The Morgan fingerprint density at radius 2 is 1.39 bits per heavy atom. The van der Waals surface area contributed by atoms with Crippen LogP contribution >= 0.6 is 11.8 Å². The molecule has 272 valence electrons. The molecule has 0 fully saturated rings. The highest BCUT2D eigenvalue weighted by Crippen LogP contribution is 2.33. The number of phenolic OH excluding ortho intramolecular Hbond substituents is 1. The molecule has 0 aliphatic rings. The van der Waals surface area contributed by atoms with Crippen molar-refractivity contribution in [3.63, 3.8) is 0 Å². The smallest absolute Gasteiger partial charge is 0.408 e. The maximum atomic E-state index is 14.8. The van der Waals surface area contributed by atoms with Crippen LogP contribution in [-0.4, -0.2) is 75.2 Å². The Morgan fingerprint density at radius 3 is 1.94 bits per heavy atom. The van der Waals surface area contributed by atoms with Crippen LogP contribution in [0.3, 0.4) is 0 Å². The molecule has 3 N–H and O–H groups in total. The number of alkyl carbamates (subject to hydrolysis) is 1. The Kier molecular flexibility index (Phi) is 16.0. The molecular formula is C38H57N3O7S. The largest absolute Gasteiger partial charge is 0.508 e. The number of nitrogens with one attached hydrogen (secondary N) is 2. The lowest BCUT2D eigenvalue weighted by Crippen LogP contribution is -2.57. The lowest BCUT2D eigenvalue weighted by molar-refractivity contribution is -0.159. The fourth-order valence-electron chi connectivity index (χ4n) is 5.24. The molecule has 0 saturated heterocycles. The molecule has 3 amide bonds. The number of phenols is 1. The Balaban J connectivity index is 2.71. The molecule has 0 radical (unpaired) electrons. The predicted octanol–water partition coefficient (Wildman–Crippen LogP) is 6.80. The highest BCUT2D eigenvalue weighted by Gasteiger charge is 2.41. The first-order valence-electron chi connectivity index (χ1n) is 17.0. The fraction of sp³-hybridized carbons (Fsp3) is 0.579. The van der Waals surface area contributed by atoms with Crippen molar-refractivity contribution in [2.45, 2.75) is 123 Å². The quantitative estimate of drug-likeness (QED) is 0.163. The average Bonchev–Trinajstić information content (AvgIpc) is 2.99. The van der Waals surface area contributed by atoms with E-state index in [-0.39, 0.29) is 24.2 Å². The number of rotatable bonds is 16. The number of ether oxygens (including phenoxy) is 2. The van der Waals surface area contributed by atoms with Gasteiger partial charge in [-0.2, -0.15) is 11.8 Å². The number of carbonyl (C=O) groups is 4. The topological polar surface area (TPSA) is 134 Å². The van der Waals surface area contributed by atoms with E-state index in [0.717, 1.165) is 12.0 Å². The number of amides is 3. The van der Waals surface area contributed by atoms with Gasteiger partial charge in [-0.25, -0.2) is 9.59 Å². The van der Waals surface area contributed by atoms with Crippen LogP contribution in [0.15, 0.2) is 54.6 Å². The number of thioether (sulfide) groups is 1. The monoisotopic (exact) mass is 699 g/mol. The van der Waals surface area contributed by atoms with Crippen LogP contribution in [0, 0.1) is 5.92 Å². The highest BCUT2D eigenvalue weighted by atomic mass is 32.2. The third kappa shape index (κ3) is 14.3. The summed E-state index contributed by atoms with van der Waals surface area (Å²) in [5, 5.41) is 16.8. The van der Waals surface area contributed by atoms with Gasteiger partial charge in [0.2, 0.25) is 11.8 Å². The van der Waals surface area contributed by atoms with Crippen molar-refractivity contribution in [3.8, 4) is 5.75 Å². The summed E-state index contributed by atoms with van der Waals surface area (Å²) in [6.07, 6.45) is 2.86. The zero-order valence-electron chi connectivity index (χ0n) is 30.9. The summed E-state index contributed by atoms with van der Waals surface area (Å²) in [6, 6.07) is 11.6. The number of hydrogen-bond donors (Lipinski definition) is 3. The minimum Gasteiger partial charge on any atom is -0.508 e. The van der Waals surface area contributed by atoms with Gasteiger partial charge in [-0.15, -0.1) is 0 Å². The van der Waals surface area contributed by atoms with Crippen LogP contribution in [0.4, 0.5) is 4.79 Å². The molecule has 0 bridgehead atoms. The summed E-state index contributed by atoms with van der Waals surface area (Å²) >= 11 is 1.52. The van der Waals surface area contributed by atoms with Gasteiger partial charge in [-0.1, -0.05) is 62.4 Å². The van der Waals surface area contributed by atoms with Crippen LogP contribution in [0.5, 0.6) is 5.75 Å². The van der Waals surface area contributed by atoms with E-state index >= 15 is 0 Å². The van der Waals surface area contributed by atoms with E-state index in [9.17, 15) is 24.3 Å². The lowest BCUT2D eigenvalue weighted by Gasteiger charge is -2.39. The van der Waals surface area contributed by atoms with Gasteiger partial charge in [0.25, 0.3) is 0 Å². The second-order valence-electron chi connectivity index (χ2n) is 14.8. The molecule has 0 aliphatic heterocycles. The van der Waals surface area contributed by atoms with Gasteiger partial charge in [-0.3, -0.25) is 9.59 Å². The van der Waals surface area contributed by atoms with Gasteiger partial charge in [-0.05, 0) is 97.3 Å². The van der Waals surface area contributed by atoms with E-state index < -0.39 is 59.2 Å². The van der Waals surface area contributed by atoms with Gasteiger partial charge in [0.15, 0.2) is 0 Å². The third-order valence-electron chi connectivity index (χ3n) is 7.54. The second kappa shape index (κ2) is 18.9. The minimum absolute atomic E-state index is 0.141. The van der Waals surface area contributed by atoms with Crippen LogP contribution in [0.25, 0.3) is 0 Å². The van der Waals surface area contributed by atoms with Crippen molar-refractivity contribution in [1.82, 2.24) is 15.5 Å². The number of aromatic hydroxyl groups is 1. The molecule has 4 atom stereocenters. The standard InChI is InChI=1S/C38H57N3O7S/c1-25(2)20-21-26(3)41(34(44)29(22-23-49-10)40-36(46)48-38(7,8)9)32(28-18-14-15-19-31(28)42)33(43)39-30(35(45)47-37(4,5)6)24-27-16-12-11-13-17-27/h11-19,25-26,29-30,32,42H,20-24H2,1-10H3,(H,39,43)(H,40,46). The third-order valence-corrected chi connectivity index (χ3v) is 8.18. The number of benzene rings is 2. The zero-order chi connectivity index (χ0) is 36.9. The summed E-state index contributed by atoms with van der Waals surface area (Å²) in [7, 11) is 0. The lowest BCUT2D eigenvalue weighted by atomic mass is 9.95. The molecule has 49 heavy (non-hydrogen) atoms. The maximum Gasteiger partial charge on any atom is 0.408 e. The normalized spacial score (nSPS) is 14.3. The molecular weight excluding hydrogens is 642 g/mol. The molecule has 4 unspecified atom stereocenters. The maximum absolute atomic E-state index is 14.8. The number of para-hydroxylation sites is 1. The molecule has 10 nitrogen and oxygen atoms in total. The predicted molar refractivity (Wildman–Crippen MR) is 195 cm³/mol. The number of nitrogens with zero attached hydrogens (tertiary/aromatic N) is 1. The summed E-state index contributed by atoms with van der Waals surface area (Å²) in [4.78, 5) is 57.4. The number of hydrogen-bond acceptors (Lipinski definition) is 8. The van der Waals surface area contributed by atoms with Crippen molar-refractivity contribution in [2.75, 3.05) is 12.0 Å². The van der Waals surface area contributed by atoms with E-state index in [1.165, 1.54) is 22.7 Å². The van der Waals surface area contributed by atoms with Crippen molar-refractivity contribution in [1.29, 1.82) is 0 Å². The summed E-state index contributed by atoms with van der Waals surface area (Å²) < 4.78 is 11.2. The molecule has 2 rings (SSSR count). The van der Waals surface area contributed by atoms with Gasteiger partial charge in [0.05, 0.1) is 0 Å². The first kappa shape index (κ1) is 41.4. The van der Waals surface area contributed by atoms with Gasteiger partial charge in [0, 0.05) is 18.0 Å². The van der Waals surface area contributed by atoms with Crippen molar-refractivity contribution in [3.05, 3.63) is 65.7 Å². The first-order chi connectivity index (χ1) is 22.8. The van der Waals surface area contributed by atoms with E-state index in [0.29, 0.717) is 18.1 Å². The Morgan fingerprint density at radius 1 is 0.796 bits per heavy atom. The van der Waals surface area contributed by atoms with Gasteiger partial charge >= 0.3 is 12.1 Å². The summed E-state index contributed by atoms with van der Waals surface area (Å²) in [5.74, 6) is -1.13. The SMILES string of the molecule is CSCCC(NC(=O)OC(C)(C)C)C(=O)N(C(C)CCC(C)C)C(C(=O)NC(Cc1ccccc1)C(=O)OC(C)(C)C)c1ccccc1O. The van der Waals surface area contributed by atoms with E-state index in [4.69, 9.17) is 9.47 Å². The summed E-state index contributed by atoms with van der Waals surface area (Å²) in [6.45, 7) is 16.5. The van der Waals surface area contributed by atoms with E-state index in [1.807, 2.05) is 43.5 Å². The van der Waals surface area contributed by atoms with Crippen LogP contribution in [0.1, 0.15) is 98.7 Å². The molecule has 0 spiro atoms. The van der Waals surface area contributed by atoms with Crippen molar-refractivity contribution >= 4 is 35.6 Å². The van der Waals surface area contributed by atoms with Crippen molar-refractivity contribution < 1.29 is 33.8 Å². The zero-order valence-corrected chi connectivity index (χ0v) is 31.7. The molecule has 0 aliphatic carbocycles. The van der Waals surface area contributed by atoms with Gasteiger partial charge in [0.1, 0.15) is 35.1 Å². The van der Waals surface area contributed by atoms with Crippen molar-refractivity contribution in [2.24, 2.45) is 5.92 Å². The molecule has 2 aromatic rings. The van der Waals surface area contributed by atoms with Gasteiger partial charge < -0.3 is 30.1 Å². The average molecular weight is 700 g/mol. The molecule has 2 aromatic carbocycles.